The highest BCUT2D eigenvalue weighted by molar-refractivity contribution is 7.98. The van der Waals surface area contributed by atoms with Gasteiger partial charge in [0.05, 0.1) is 12.1 Å². The van der Waals surface area contributed by atoms with E-state index in [1.165, 1.54) is 0 Å². The number of rotatable bonds is 10. The van der Waals surface area contributed by atoms with Gasteiger partial charge >= 0.3 is 0 Å². The first kappa shape index (κ1) is 18.6. The second-order valence-corrected chi connectivity index (χ2v) is 5.82. The fourth-order valence-corrected chi connectivity index (χ4v) is 2.36. The fourth-order valence-electron chi connectivity index (χ4n) is 2.05. The van der Waals surface area contributed by atoms with E-state index in [2.05, 4.69) is 42.7 Å². The van der Waals surface area contributed by atoms with Crippen LogP contribution in [0.3, 0.4) is 0 Å². The zero-order valence-corrected chi connectivity index (χ0v) is 13.8. The van der Waals surface area contributed by atoms with Crippen LogP contribution in [0.5, 0.6) is 0 Å². The van der Waals surface area contributed by atoms with Gasteiger partial charge in [-0.15, -0.1) is 0 Å². The molecule has 0 aliphatic heterocycles. The highest BCUT2D eigenvalue weighted by Gasteiger charge is 2.24. The van der Waals surface area contributed by atoms with E-state index >= 15 is 0 Å². The molecule has 114 valence electrons. The summed E-state index contributed by atoms with van der Waals surface area (Å²) in [6.07, 6.45) is 5.70. The van der Waals surface area contributed by atoms with Gasteiger partial charge in [-0.05, 0) is 26.0 Å². The molecule has 0 aromatic carbocycles. The molecule has 0 atom stereocenters. The second-order valence-electron chi connectivity index (χ2n) is 4.84. The van der Waals surface area contributed by atoms with Crippen LogP contribution in [0.4, 0.5) is 0 Å². The standard InChI is InChI=1S/C14H31N3OS/c1-5-8-14(18,9-6-2)12-17-13(15-7-3)16-10-11-19-4/h18H,5-12H2,1-4H3,(H2,15,16,17). The predicted molar refractivity (Wildman–Crippen MR) is 87.1 cm³/mol. The molecule has 0 saturated heterocycles. The second kappa shape index (κ2) is 11.4. The van der Waals surface area contributed by atoms with E-state index in [-0.39, 0.29) is 0 Å². The Morgan fingerprint density at radius 1 is 1.16 bits per heavy atom. The number of aliphatic imine (C=N–C) groups is 1. The first-order valence-corrected chi connectivity index (χ1v) is 8.74. The third-order valence-corrected chi connectivity index (χ3v) is 3.52. The SMILES string of the molecule is CCCC(O)(CCC)CN=C(NCC)NCCSC. The summed E-state index contributed by atoms with van der Waals surface area (Å²) in [5.74, 6) is 1.86. The van der Waals surface area contributed by atoms with Gasteiger partial charge in [0.2, 0.25) is 0 Å². The van der Waals surface area contributed by atoms with Crippen molar-refractivity contribution < 1.29 is 5.11 Å². The number of aliphatic hydroxyl groups is 1. The minimum Gasteiger partial charge on any atom is -0.388 e. The number of nitrogens with zero attached hydrogens (tertiary/aromatic N) is 1. The molecule has 0 heterocycles. The van der Waals surface area contributed by atoms with Crippen LogP contribution < -0.4 is 10.6 Å². The maximum atomic E-state index is 10.5. The van der Waals surface area contributed by atoms with Crippen LogP contribution in [-0.2, 0) is 0 Å². The molecule has 0 saturated carbocycles. The molecule has 0 aromatic heterocycles. The molecule has 0 radical (unpaired) electrons. The summed E-state index contributed by atoms with van der Waals surface area (Å²) in [5, 5.41) is 17.0. The predicted octanol–water partition coefficient (Wildman–Crippen LogP) is 2.24. The molecule has 0 unspecified atom stereocenters. The molecule has 0 amide bonds. The van der Waals surface area contributed by atoms with E-state index in [1.807, 2.05) is 0 Å². The largest absolute Gasteiger partial charge is 0.388 e. The highest BCUT2D eigenvalue weighted by atomic mass is 32.2. The summed E-state index contributed by atoms with van der Waals surface area (Å²) in [6, 6.07) is 0. The molecular formula is C14H31N3OS. The van der Waals surface area contributed by atoms with E-state index in [4.69, 9.17) is 0 Å². The maximum absolute atomic E-state index is 10.5. The first-order chi connectivity index (χ1) is 9.11. The van der Waals surface area contributed by atoms with Crippen molar-refractivity contribution in [2.75, 3.05) is 31.6 Å². The molecule has 0 aliphatic carbocycles. The lowest BCUT2D eigenvalue weighted by Crippen LogP contribution is -2.40. The monoisotopic (exact) mass is 289 g/mol. The smallest absolute Gasteiger partial charge is 0.191 e. The van der Waals surface area contributed by atoms with Crippen LogP contribution in [-0.4, -0.2) is 48.3 Å². The van der Waals surface area contributed by atoms with Crippen LogP contribution in [0.25, 0.3) is 0 Å². The summed E-state index contributed by atoms with van der Waals surface area (Å²) >= 11 is 1.81. The molecule has 0 spiro atoms. The molecule has 0 aliphatic rings. The van der Waals surface area contributed by atoms with Gasteiger partial charge in [-0.2, -0.15) is 11.8 Å². The molecule has 19 heavy (non-hydrogen) atoms. The molecule has 5 heteroatoms. The number of nitrogens with one attached hydrogen (secondary N) is 2. The third kappa shape index (κ3) is 9.16. The van der Waals surface area contributed by atoms with Crippen molar-refractivity contribution in [2.45, 2.75) is 52.1 Å². The Bertz CT molecular complexity index is 241. The number of thioether (sulfide) groups is 1. The van der Waals surface area contributed by atoms with Gasteiger partial charge in [0.15, 0.2) is 5.96 Å². The van der Waals surface area contributed by atoms with Crippen molar-refractivity contribution >= 4 is 17.7 Å². The lowest BCUT2D eigenvalue weighted by Gasteiger charge is -2.26. The van der Waals surface area contributed by atoms with E-state index in [0.29, 0.717) is 6.54 Å². The Morgan fingerprint density at radius 3 is 2.26 bits per heavy atom. The molecule has 4 nitrogen and oxygen atoms in total. The first-order valence-electron chi connectivity index (χ1n) is 7.35. The van der Waals surface area contributed by atoms with Gasteiger partial charge in [-0.1, -0.05) is 26.7 Å². The quantitative estimate of drug-likeness (QED) is 0.328. The van der Waals surface area contributed by atoms with Crippen molar-refractivity contribution in [3.8, 4) is 0 Å². The summed E-state index contributed by atoms with van der Waals surface area (Å²) in [7, 11) is 0. The zero-order chi connectivity index (χ0) is 14.6. The van der Waals surface area contributed by atoms with Gasteiger partial charge < -0.3 is 15.7 Å². The molecule has 0 bridgehead atoms. The topological polar surface area (TPSA) is 56.7 Å². The molecule has 0 fully saturated rings. The number of hydrogen-bond donors (Lipinski definition) is 3. The average Bonchev–Trinajstić information content (AvgIpc) is 2.37. The van der Waals surface area contributed by atoms with Crippen molar-refractivity contribution in [1.82, 2.24) is 10.6 Å². The molecule has 0 aromatic rings. The van der Waals surface area contributed by atoms with Gasteiger partial charge in [0, 0.05) is 18.8 Å². The highest BCUT2D eigenvalue weighted by Crippen LogP contribution is 2.19. The minimum atomic E-state index is -0.647. The van der Waals surface area contributed by atoms with Crippen molar-refractivity contribution in [1.29, 1.82) is 0 Å². The van der Waals surface area contributed by atoms with Crippen LogP contribution in [0, 0.1) is 0 Å². The summed E-state index contributed by atoms with van der Waals surface area (Å²) in [5.41, 5.74) is -0.647. The van der Waals surface area contributed by atoms with E-state index in [0.717, 1.165) is 50.5 Å². The molecule has 0 rings (SSSR count). The van der Waals surface area contributed by atoms with Gasteiger partial charge in [0.1, 0.15) is 0 Å². The van der Waals surface area contributed by atoms with Gasteiger partial charge in [-0.25, -0.2) is 0 Å². The fraction of sp³-hybridized carbons (Fsp3) is 0.929. The minimum absolute atomic E-state index is 0.475. The lowest BCUT2D eigenvalue weighted by atomic mass is 9.93. The van der Waals surface area contributed by atoms with E-state index < -0.39 is 5.60 Å². The lowest BCUT2D eigenvalue weighted by molar-refractivity contribution is 0.0306. The Kier molecular flexibility index (Phi) is 11.2. The number of hydrogen-bond acceptors (Lipinski definition) is 3. The van der Waals surface area contributed by atoms with Crippen LogP contribution in [0.15, 0.2) is 4.99 Å². The zero-order valence-electron chi connectivity index (χ0n) is 13.0. The third-order valence-electron chi connectivity index (χ3n) is 2.91. The van der Waals surface area contributed by atoms with Crippen LogP contribution in [0.2, 0.25) is 0 Å². The Morgan fingerprint density at radius 2 is 1.79 bits per heavy atom. The van der Waals surface area contributed by atoms with Gasteiger partial charge in [-0.3, -0.25) is 4.99 Å². The number of guanidine groups is 1. The van der Waals surface area contributed by atoms with Crippen molar-refractivity contribution in [3.05, 3.63) is 0 Å². The van der Waals surface area contributed by atoms with E-state index in [1.54, 1.807) is 11.8 Å². The van der Waals surface area contributed by atoms with Crippen LogP contribution in [0.1, 0.15) is 46.5 Å². The maximum Gasteiger partial charge on any atom is 0.191 e. The van der Waals surface area contributed by atoms with Crippen molar-refractivity contribution in [2.24, 2.45) is 4.99 Å². The summed E-state index contributed by atoms with van der Waals surface area (Å²) < 4.78 is 0. The Labute approximate surface area is 122 Å². The summed E-state index contributed by atoms with van der Waals surface area (Å²) in [6.45, 7) is 8.47. The Hall–Kier alpha value is -0.420. The molecular weight excluding hydrogens is 258 g/mol. The van der Waals surface area contributed by atoms with E-state index in [9.17, 15) is 5.11 Å². The Balaban J connectivity index is 4.44. The average molecular weight is 289 g/mol. The normalized spacial score (nSPS) is 12.6. The molecule has 3 N–H and O–H groups in total. The van der Waals surface area contributed by atoms with Crippen LogP contribution >= 0.6 is 11.8 Å². The van der Waals surface area contributed by atoms with Crippen molar-refractivity contribution in [3.63, 3.8) is 0 Å². The van der Waals surface area contributed by atoms with Gasteiger partial charge in [0.25, 0.3) is 0 Å². The summed E-state index contributed by atoms with van der Waals surface area (Å²) in [4.78, 5) is 4.53.